The highest BCUT2D eigenvalue weighted by atomic mass is 16.5. The number of nitrogens with one attached hydrogen (secondary N) is 3. The van der Waals surface area contributed by atoms with E-state index in [0.717, 1.165) is 26.2 Å². The molecule has 0 radical (unpaired) electrons. The molecule has 2 aromatic rings. The van der Waals surface area contributed by atoms with Gasteiger partial charge in [0.25, 0.3) is 11.5 Å². The Morgan fingerprint density at radius 3 is 2.85 bits per heavy atom. The molecule has 11 heteroatoms. The number of hydrogen-bond acceptors (Lipinski definition) is 9. The second kappa shape index (κ2) is 6.85. The summed E-state index contributed by atoms with van der Waals surface area (Å²) >= 11 is 0. The predicted octanol–water partition coefficient (Wildman–Crippen LogP) is -0.907. The first-order valence-electron chi connectivity index (χ1n) is 8.56. The Morgan fingerprint density at radius 2 is 2.11 bits per heavy atom. The minimum atomic E-state index is -0.727. The number of primary amides is 1. The lowest BCUT2D eigenvalue weighted by Crippen LogP contribution is -2.52. The van der Waals surface area contributed by atoms with Crippen LogP contribution in [0.2, 0.25) is 0 Å². The summed E-state index contributed by atoms with van der Waals surface area (Å²) in [6, 6.07) is 3.18. The first-order chi connectivity index (χ1) is 13.0. The number of ether oxygens (including phenoxy) is 1. The molecule has 0 bridgehead atoms. The number of anilines is 2. The molecule has 1 fully saturated rings. The third-order valence-corrected chi connectivity index (χ3v) is 4.53. The second-order valence-electron chi connectivity index (χ2n) is 6.28. The molecule has 0 saturated carbocycles. The molecule has 142 valence electrons. The van der Waals surface area contributed by atoms with E-state index in [1.165, 1.54) is 10.8 Å². The monoisotopic (exact) mass is 372 g/mol. The van der Waals surface area contributed by atoms with Gasteiger partial charge in [-0.25, -0.2) is 4.98 Å². The number of nitrogens with zero attached hydrogens (tertiary/aromatic N) is 4. The number of carbonyl (C=O) groups is 1. The number of piperazine rings is 1. The first kappa shape index (κ1) is 17.2. The number of rotatable bonds is 4. The molecule has 0 aromatic carbocycles. The van der Waals surface area contributed by atoms with Gasteiger partial charge in [0, 0.05) is 39.4 Å². The lowest BCUT2D eigenvalue weighted by atomic mass is 10.3. The van der Waals surface area contributed by atoms with Crippen molar-refractivity contribution in [2.45, 2.75) is 6.29 Å². The Bertz CT molecular complexity index is 938. The molecule has 5 N–H and O–H groups in total. The maximum absolute atomic E-state index is 12.7. The van der Waals surface area contributed by atoms with Crippen LogP contribution in [0, 0.1) is 0 Å². The van der Waals surface area contributed by atoms with Crippen LogP contribution in [0.3, 0.4) is 0 Å². The zero-order valence-electron chi connectivity index (χ0n) is 14.7. The van der Waals surface area contributed by atoms with Crippen LogP contribution in [-0.4, -0.2) is 57.8 Å². The maximum atomic E-state index is 12.7. The van der Waals surface area contributed by atoms with Crippen LogP contribution in [0.25, 0.3) is 0 Å². The molecule has 11 nitrogen and oxygen atoms in total. The Morgan fingerprint density at radius 1 is 1.33 bits per heavy atom. The van der Waals surface area contributed by atoms with Crippen molar-refractivity contribution in [1.29, 1.82) is 0 Å². The van der Waals surface area contributed by atoms with E-state index in [2.05, 4.69) is 30.8 Å². The molecule has 0 spiro atoms. The maximum Gasteiger partial charge on any atom is 0.306 e. The number of amides is 1. The molecular formula is C16H20N8O3. The van der Waals surface area contributed by atoms with Crippen LogP contribution in [0.15, 0.2) is 23.1 Å². The summed E-state index contributed by atoms with van der Waals surface area (Å²) in [7, 11) is 1.55. The van der Waals surface area contributed by atoms with E-state index in [4.69, 9.17) is 10.5 Å². The van der Waals surface area contributed by atoms with Crippen molar-refractivity contribution in [2.75, 3.05) is 36.8 Å². The average molecular weight is 372 g/mol. The molecule has 4 heterocycles. The largest absolute Gasteiger partial charge is 0.423 e. The number of aromatic nitrogens is 3. The summed E-state index contributed by atoms with van der Waals surface area (Å²) in [5, 5.41) is 9.68. The van der Waals surface area contributed by atoms with Crippen molar-refractivity contribution in [3.05, 3.63) is 34.4 Å². The Labute approximate surface area is 154 Å². The minimum Gasteiger partial charge on any atom is -0.423 e. The fourth-order valence-corrected chi connectivity index (χ4v) is 3.09. The van der Waals surface area contributed by atoms with Crippen molar-refractivity contribution in [1.82, 2.24) is 24.8 Å². The summed E-state index contributed by atoms with van der Waals surface area (Å²) < 4.78 is 6.95. The number of pyridine rings is 1. The van der Waals surface area contributed by atoms with Gasteiger partial charge in [-0.2, -0.15) is 4.98 Å². The quantitative estimate of drug-likeness (QED) is 0.537. The number of hydrogen-bond donors (Lipinski definition) is 4. The van der Waals surface area contributed by atoms with Gasteiger partial charge < -0.3 is 26.4 Å². The summed E-state index contributed by atoms with van der Waals surface area (Å²) in [6.45, 7) is 3.46. The summed E-state index contributed by atoms with van der Waals surface area (Å²) in [5.41, 5.74) is 5.39. The van der Waals surface area contributed by atoms with Gasteiger partial charge in [0.2, 0.25) is 0 Å². The van der Waals surface area contributed by atoms with Crippen LogP contribution in [0.1, 0.15) is 10.5 Å². The lowest BCUT2D eigenvalue weighted by Gasteiger charge is -2.32. The molecule has 1 atom stereocenters. The van der Waals surface area contributed by atoms with Crippen LogP contribution in [0.5, 0.6) is 11.8 Å². The number of fused-ring (bicyclic) bond motifs is 1. The van der Waals surface area contributed by atoms with E-state index in [9.17, 15) is 9.59 Å². The Balaban J connectivity index is 1.63. The fourth-order valence-electron chi connectivity index (χ4n) is 3.09. The van der Waals surface area contributed by atoms with Gasteiger partial charge >= 0.3 is 6.01 Å². The molecule has 27 heavy (non-hydrogen) atoms. The predicted molar refractivity (Wildman–Crippen MR) is 97.8 cm³/mol. The van der Waals surface area contributed by atoms with Gasteiger partial charge in [-0.1, -0.05) is 0 Å². The van der Waals surface area contributed by atoms with Crippen molar-refractivity contribution in [2.24, 2.45) is 12.8 Å². The molecule has 4 rings (SSSR count). The molecule has 1 saturated heterocycles. The normalized spacial score (nSPS) is 19.1. The summed E-state index contributed by atoms with van der Waals surface area (Å²) in [4.78, 5) is 34.7. The standard InChI is InChI=1S/C16H20N8O3/c1-23-14(26)11-13(21-15(20-11)24-7-5-18-6-8-24)22-16(23)27-9-3-2-4-19-10(9)12(17)25/h2-4,15,18,20-21H,5-8H2,1H3,(H2,17,25). The summed E-state index contributed by atoms with van der Waals surface area (Å²) in [5.74, 6) is -0.187. The first-order valence-corrected chi connectivity index (χ1v) is 8.56. The zero-order valence-corrected chi connectivity index (χ0v) is 14.7. The van der Waals surface area contributed by atoms with Gasteiger partial charge in [-0.05, 0) is 12.1 Å². The molecular weight excluding hydrogens is 352 g/mol. The fraction of sp³-hybridized carbons (Fsp3) is 0.375. The molecule has 1 amide bonds. The molecule has 2 aliphatic heterocycles. The van der Waals surface area contributed by atoms with Crippen LogP contribution >= 0.6 is 0 Å². The second-order valence-corrected chi connectivity index (χ2v) is 6.28. The zero-order chi connectivity index (χ0) is 19.0. The molecule has 1 unspecified atom stereocenters. The average Bonchev–Trinajstić information content (AvgIpc) is 3.11. The molecule has 2 aromatic heterocycles. The van der Waals surface area contributed by atoms with Gasteiger partial charge in [-0.3, -0.25) is 19.1 Å². The SMILES string of the molecule is Cn1c(Oc2cccnc2C(N)=O)nc2c(c1=O)NC(N1CCNCC1)N2. The van der Waals surface area contributed by atoms with E-state index < -0.39 is 5.91 Å². The van der Waals surface area contributed by atoms with Crippen molar-refractivity contribution >= 4 is 17.4 Å². The number of carbonyl (C=O) groups excluding carboxylic acids is 1. The van der Waals surface area contributed by atoms with E-state index in [0.29, 0.717) is 11.5 Å². The topological polar surface area (TPSA) is 139 Å². The van der Waals surface area contributed by atoms with Gasteiger partial charge in [-0.15, -0.1) is 0 Å². The van der Waals surface area contributed by atoms with Gasteiger partial charge in [0.15, 0.2) is 23.6 Å². The Kier molecular flexibility index (Phi) is 4.38. The van der Waals surface area contributed by atoms with Crippen LogP contribution < -0.4 is 32.0 Å². The Hall–Kier alpha value is -3.18. The van der Waals surface area contributed by atoms with Crippen LogP contribution in [-0.2, 0) is 7.05 Å². The molecule has 0 aliphatic carbocycles. The van der Waals surface area contributed by atoms with Gasteiger partial charge in [0.05, 0.1) is 0 Å². The van der Waals surface area contributed by atoms with Crippen molar-refractivity contribution in [3.63, 3.8) is 0 Å². The molecule has 2 aliphatic rings. The highest BCUT2D eigenvalue weighted by molar-refractivity contribution is 5.93. The van der Waals surface area contributed by atoms with E-state index in [1.54, 1.807) is 19.2 Å². The van der Waals surface area contributed by atoms with Crippen LogP contribution in [0.4, 0.5) is 11.5 Å². The number of nitrogens with two attached hydrogens (primary N) is 1. The van der Waals surface area contributed by atoms with Gasteiger partial charge in [0.1, 0.15) is 5.69 Å². The van der Waals surface area contributed by atoms with Crippen molar-refractivity contribution < 1.29 is 9.53 Å². The third-order valence-electron chi connectivity index (χ3n) is 4.53. The van der Waals surface area contributed by atoms with E-state index in [1.807, 2.05) is 0 Å². The highest BCUT2D eigenvalue weighted by Gasteiger charge is 2.31. The lowest BCUT2D eigenvalue weighted by molar-refractivity contribution is 0.0993. The van der Waals surface area contributed by atoms with E-state index >= 15 is 0 Å². The smallest absolute Gasteiger partial charge is 0.306 e. The summed E-state index contributed by atoms with van der Waals surface area (Å²) in [6.07, 6.45) is 1.23. The highest BCUT2D eigenvalue weighted by Crippen LogP contribution is 2.29. The third kappa shape index (κ3) is 3.17. The van der Waals surface area contributed by atoms with Crippen molar-refractivity contribution in [3.8, 4) is 11.8 Å². The minimum absolute atomic E-state index is 0.0305. The van der Waals surface area contributed by atoms with E-state index in [-0.39, 0.29) is 29.3 Å².